The van der Waals surface area contributed by atoms with Crippen LogP contribution in [0.4, 0.5) is 8.78 Å². The summed E-state index contributed by atoms with van der Waals surface area (Å²) in [5, 5.41) is 3.87. The largest absolute Gasteiger partial charge is 0.310 e. The minimum Gasteiger partial charge on any atom is -0.310 e. The van der Waals surface area contributed by atoms with Crippen molar-refractivity contribution >= 4 is 11.6 Å². The van der Waals surface area contributed by atoms with E-state index in [9.17, 15) is 8.78 Å². The third-order valence-corrected chi connectivity index (χ3v) is 3.24. The van der Waals surface area contributed by atoms with Crippen LogP contribution >= 0.6 is 11.6 Å². The molecule has 0 heterocycles. The van der Waals surface area contributed by atoms with Gasteiger partial charge in [0.25, 0.3) is 0 Å². The Labute approximate surface area is 122 Å². The quantitative estimate of drug-likeness (QED) is 0.855. The number of hydrogen-bond acceptors (Lipinski definition) is 1. The van der Waals surface area contributed by atoms with Crippen molar-refractivity contribution in [3.63, 3.8) is 0 Å². The summed E-state index contributed by atoms with van der Waals surface area (Å²) in [6, 6.07) is 9.68. The second-order valence-electron chi connectivity index (χ2n) is 4.97. The first-order valence-corrected chi connectivity index (χ1v) is 6.82. The topological polar surface area (TPSA) is 12.0 Å². The van der Waals surface area contributed by atoms with Crippen LogP contribution in [0.25, 0.3) is 11.1 Å². The van der Waals surface area contributed by atoms with Gasteiger partial charge in [0, 0.05) is 17.6 Å². The Morgan fingerprint density at radius 1 is 1.05 bits per heavy atom. The summed E-state index contributed by atoms with van der Waals surface area (Å²) in [4.78, 5) is 0. The van der Waals surface area contributed by atoms with E-state index < -0.39 is 11.6 Å². The van der Waals surface area contributed by atoms with Crippen molar-refractivity contribution in [2.24, 2.45) is 0 Å². The molecule has 0 atom stereocenters. The van der Waals surface area contributed by atoms with Crippen molar-refractivity contribution in [3.8, 4) is 11.1 Å². The molecule has 20 heavy (non-hydrogen) atoms. The molecule has 106 valence electrons. The van der Waals surface area contributed by atoms with Gasteiger partial charge in [0.15, 0.2) is 11.6 Å². The van der Waals surface area contributed by atoms with Gasteiger partial charge in [-0.2, -0.15) is 0 Å². The number of halogens is 3. The van der Waals surface area contributed by atoms with Gasteiger partial charge in [0.05, 0.1) is 0 Å². The van der Waals surface area contributed by atoms with E-state index in [-0.39, 0.29) is 0 Å². The Balaban J connectivity index is 2.42. The van der Waals surface area contributed by atoms with Crippen LogP contribution < -0.4 is 5.32 Å². The third-order valence-electron chi connectivity index (χ3n) is 3.00. The zero-order valence-corrected chi connectivity index (χ0v) is 12.1. The number of nitrogens with one attached hydrogen (secondary N) is 1. The number of hydrogen-bond donors (Lipinski definition) is 1. The van der Waals surface area contributed by atoms with Gasteiger partial charge in [-0.15, -0.1) is 0 Å². The highest BCUT2D eigenvalue weighted by molar-refractivity contribution is 6.30. The molecular weight excluding hydrogens is 280 g/mol. The molecule has 4 heteroatoms. The lowest BCUT2D eigenvalue weighted by Gasteiger charge is -2.13. The molecule has 1 nitrogen and oxygen atoms in total. The van der Waals surface area contributed by atoms with Crippen LogP contribution in [0.2, 0.25) is 5.02 Å². The summed E-state index contributed by atoms with van der Waals surface area (Å²) < 4.78 is 26.4. The number of benzene rings is 2. The molecule has 2 aromatic rings. The summed E-state index contributed by atoms with van der Waals surface area (Å²) in [5.74, 6) is -1.71. The van der Waals surface area contributed by atoms with E-state index in [1.165, 1.54) is 6.07 Å². The highest BCUT2D eigenvalue weighted by Gasteiger charge is 2.10. The summed E-state index contributed by atoms with van der Waals surface area (Å²) in [7, 11) is 0. The summed E-state index contributed by atoms with van der Waals surface area (Å²) in [6.07, 6.45) is 0. The molecule has 2 aromatic carbocycles. The highest BCUT2D eigenvalue weighted by Crippen LogP contribution is 2.28. The molecule has 0 aliphatic heterocycles. The molecule has 0 unspecified atom stereocenters. The van der Waals surface area contributed by atoms with Crippen molar-refractivity contribution < 1.29 is 8.78 Å². The van der Waals surface area contributed by atoms with E-state index >= 15 is 0 Å². The Hall–Kier alpha value is -1.45. The fourth-order valence-corrected chi connectivity index (χ4v) is 2.12. The molecule has 0 amide bonds. The Morgan fingerprint density at radius 3 is 2.45 bits per heavy atom. The summed E-state index contributed by atoms with van der Waals surface area (Å²) in [6.45, 7) is 4.74. The average Bonchev–Trinajstić information content (AvgIpc) is 2.40. The van der Waals surface area contributed by atoms with Gasteiger partial charge in [-0.3, -0.25) is 0 Å². The standard InChI is InChI=1S/C16H16ClF2N/c1-10(2)20-9-12-3-5-13(17)8-14(12)11-4-6-15(18)16(19)7-11/h3-8,10,20H,9H2,1-2H3. The first-order chi connectivity index (χ1) is 9.47. The molecule has 0 spiro atoms. The smallest absolute Gasteiger partial charge is 0.159 e. The predicted molar refractivity (Wildman–Crippen MR) is 78.8 cm³/mol. The highest BCUT2D eigenvalue weighted by atomic mass is 35.5. The lowest BCUT2D eigenvalue weighted by Crippen LogP contribution is -2.22. The SMILES string of the molecule is CC(C)NCc1ccc(Cl)cc1-c1ccc(F)c(F)c1. The maximum atomic E-state index is 13.4. The molecule has 0 radical (unpaired) electrons. The van der Waals surface area contributed by atoms with Gasteiger partial charge < -0.3 is 5.32 Å². The van der Waals surface area contributed by atoms with Crippen LogP contribution in [0.5, 0.6) is 0 Å². The van der Waals surface area contributed by atoms with Gasteiger partial charge in [0.1, 0.15) is 0 Å². The fourth-order valence-electron chi connectivity index (χ4n) is 1.95. The van der Waals surface area contributed by atoms with Crippen LogP contribution in [0.1, 0.15) is 19.4 Å². The van der Waals surface area contributed by atoms with E-state index in [1.807, 2.05) is 19.9 Å². The van der Waals surface area contributed by atoms with E-state index in [0.717, 1.165) is 17.2 Å². The van der Waals surface area contributed by atoms with Crippen LogP contribution in [0.15, 0.2) is 36.4 Å². The predicted octanol–water partition coefficient (Wildman–Crippen LogP) is 4.78. The first-order valence-electron chi connectivity index (χ1n) is 6.44. The Bertz CT molecular complexity index is 611. The van der Waals surface area contributed by atoms with Crippen molar-refractivity contribution in [2.45, 2.75) is 26.4 Å². The molecule has 0 saturated carbocycles. The van der Waals surface area contributed by atoms with E-state index in [2.05, 4.69) is 5.32 Å². The third kappa shape index (κ3) is 3.56. The van der Waals surface area contributed by atoms with Crippen LogP contribution in [-0.2, 0) is 6.54 Å². The molecule has 1 N–H and O–H groups in total. The second kappa shape index (κ2) is 6.33. The molecule has 0 aromatic heterocycles. The van der Waals surface area contributed by atoms with E-state index in [1.54, 1.807) is 18.2 Å². The van der Waals surface area contributed by atoms with Crippen LogP contribution in [0, 0.1) is 11.6 Å². The maximum absolute atomic E-state index is 13.4. The van der Waals surface area contributed by atoms with Gasteiger partial charge in [-0.1, -0.05) is 37.6 Å². The van der Waals surface area contributed by atoms with Gasteiger partial charge >= 0.3 is 0 Å². The zero-order valence-electron chi connectivity index (χ0n) is 11.4. The molecule has 0 bridgehead atoms. The number of rotatable bonds is 4. The first kappa shape index (κ1) is 14.9. The van der Waals surface area contributed by atoms with Gasteiger partial charge in [-0.25, -0.2) is 8.78 Å². The molecule has 0 fully saturated rings. The molecule has 0 aliphatic carbocycles. The Morgan fingerprint density at radius 2 is 1.80 bits per heavy atom. The van der Waals surface area contributed by atoms with Gasteiger partial charge in [0.2, 0.25) is 0 Å². The van der Waals surface area contributed by atoms with Crippen molar-refractivity contribution in [1.82, 2.24) is 5.32 Å². The van der Waals surface area contributed by atoms with Crippen LogP contribution in [-0.4, -0.2) is 6.04 Å². The molecular formula is C16H16ClF2N. The fraction of sp³-hybridized carbons (Fsp3) is 0.250. The maximum Gasteiger partial charge on any atom is 0.159 e. The minimum absolute atomic E-state index is 0.337. The minimum atomic E-state index is -0.856. The normalized spacial score (nSPS) is 11.1. The monoisotopic (exact) mass is 295 g/mol. The molecule has 0 saturated heterocycles. The molecule has 2 rings (SSSR count). The van der Waals surface area contributed by atoms with Crippen molar-refractivity contribution in [3.05, 3.63) is 58.6 Å². The van der Waals surface area contributed by atoms with Crippen molar-refractivity contribution in [2.75, 3.05) is 0 Å². The van der Waals surface area contributed by atoms with Gasteiger partial charge in [-0.05, 0) is 41.0 Å². The van der Waals surface area contributed by atoms with Crippen molar-refractivity contribution in [1.29, 1.82) is 0 Å². The summed E-state index contributed by atoms with van der Waals surface area (Å²) >= 11 is 6.01. The Kier molecular flexibility index (Phi) is 4.73. The lowest BCUT2D eigenvalue weighted by molar-refractivity contribution is 0.509. The average molecular weight is 296 g/mol. The van der Waals surface area contributed by atoms with Crippen LogP contribution in [0.3, 0.4) is 0 Å². The molecule has 0 aliphatic rings. The summed E-state index contributed by atoms with van der Waals surface area (Å²) in [5.41, 5.74) is 2.42. The lowest BCUT2D eigenvalue weighted by atomic mass is 9.99. The van der Waals surface area contributed by atoms with E-state index in [4.69, 9.17) is 11.6 Å². The zero-order chi connectivity index (χ0) is 14.7. The van der Waals surface area contributed by atoms with E-state index in [0.29, 0.717) is 23.2 Å². The second-order valence-corrected chi connectivity index (χ2v) is 5.40.